The van der Waals surface area contributed by atoms with Gasteiger partial charge < -0.3 is 10.2 Å². The number of piperazine rings is 1. The number of hydrogen-bond donors (Lipinski definition) is 1. The molecule has 4 nitrogen and oxygen atoms in total. The number of nitrogens with one attached hydrogen (secondary N) is 1. The van der Waals surface area contributed by atoms with Crippen LogP contribution in [0.2, 0.25) is 0 Å². The van der Waals surface area contributed by atoms with Gasteiger partial charge in [-0.25, -0.2) is 0 Å². The monoisotopic (exact) mass is 287 g/mol. The molecule has 0 spiro atoms. The maximum Gasteiger partial charge on any atom is 0.225 e. The highest BCUT2D eigenvalue weighted by atomic mass is 35.5. The standard InChI is InChI=1S/C14H25N3O.ClH/c18-14(12-3-1-2-4-12)17-9-7-16(8-10-17)13-5-6-15-11-13;/h12-13,15H,1-11H2;1H. The molecule has 1 saturated carbocycles. The lowest BCUT2D eigenvalue weighted by molar-refractivity contribution is -0.137. The molecule has 0 bridgehead atoms. The van der Waals surface area contributed by atoms with Crippen LogP contribution in [0.3, 0.4) is 0 Å². The van der Waals surface area contributed by atoms with Crippen molar-refractivity contribution in [2.45, 2.75) is 38.1 Å². The molecule has 2 heterocycles. The molecule has 0 aromatic rings. The number of carbonyl (C=O) groups excluding carboxylic acids is 1. The van der Waals surface area contributed by atoms with Gasteiger partial charge in [0, 0.05) is 44.7 Å². The predicted molar refractivity (Wildman–Crippen MR) is 78.6 cm³/mol. The van der Waals surface area contributed by atoms with Crippen molar-refractivity contribution < 1.29 is 4.79 Å². The quantitative estimate of drug-likeness (QED) is 0.826. The van der Waals surface area contributed by atoms with Crippen molar-refractivity contribution in [2.75, 3.05) is 39.3 Å². The van der Waals surface area contributed by atoms with Crippen molar-refractivity contribution in [1.82, 2.24) is 15.1 Å². The van der Waals surface area contributed by atoms with Crippen LogP contribution in [0.5, 0.6) is 0 Å². The molecule has 3 rings (SSSR count). The van der Waals surface area contributed by atoms with E-state index in [1.165, 1.54) is 19.3 Å². The summed E-state index contributed by atoms with van der Waals surface area (Å²) in [5.41, 5.74) is 0. The van der Waals surface area contributed by atoms with Crippen LogP contribution in [0.1, 0.15) is 32.1 Å². The zero-order chi connectivity index (χ0) is 12.4. The molecule has 5 heteroatoms. The number of carbonyl (C=O) groups is 1. The van der Waals surface area contributed by atoms with Gasteiger partial charge >= 0.3 is 0 Å². The lowest BCUT2D eigenvalue weighted by atomic mass is 10.1. The van der Waals surface area contributed by atoms with Crippen LogP contribution in [-0.4, -0.2) is 61.0 Å². The van der Waals surface area contributed by atoms with E-state index in [0.717, 1.165) is 52.1 Å². The van der Waals surface area contributed by atoms with Gasteiger partial charge in [-0.15, -0.1) is 12.4 Å². The molecule has 3 fully saturated rings. The Balaban J connectivity index is 0.00000133. The lowest BCUT2D eigenvalue weighted by Crippen LogP contribution is -2.53. The Morgan fingerprint density at radius 2 is 1.68 bits per heavy atom. The molecule has 0 radical (unpaired) electrons. The van der Waals surface area contributed by atoms with Gasteiger partial charge in [-0.2, -0.15) is 0 Å². The Hall–Kier alpha value is -0.320. The molecule has 0 aromatic carbocycles. The lowest BCUT2D eigenvalue weighted by Gasteiger charge is -2.38. The van der Waals surface area contributed by atoms with Crippen molar-refractivity contribution in [2.24, 2.45) is 5.92 Å². The molecule has 19 heavy (non-hydrogen) atoms. The highest BCUT2D eigenvalue weighted by molar-refractivity contribution is 5.85. The fourth-order valence-electron chi connectivity index (χ4n) is 3.69. The third kappa shape index (κ3) is 3.41. The SMILES string of the molecule is Cl.O=C(C1CCCC1)N1CCN(C2CCNC2)CC1. The van der Waals surface area contributed by atoms with E-state index in [1.807, 2.05) is 0 Å². The topological polar surface area (TPSA) is 35.6 Å². The number of nitrogens with zero attached hydrogens (tertiary/aromatic N) is 2. The summed E-state index contributed by atoms with van der Waals surface area (Å²) >= 11 is 0. The highest BCUT2D eigenvalue weighted by Crippen LogP contribution is 2.27. The number of hydrogen-bond acceptors (Lipinski definition) is 3. The summed E-state index contributed by atoms with van der Waals surface area (Å²) in [4.78, 5) is 17.0. The number of halogens is 1. The summed E-state index contributed by atoms with van der Waals surface area (Å²) in [5, 5.41) is 3.43. The van der Waals surface area contributed by atoms with Crippen LogP contribution < -0.4 is 5.32 Å². The summed E-state index contributed by atoms with van der Waals surface area (Å²) in [6, 6.07) is 0.716. The highest BCUT2D eigenvalue weighted by Gasteiger charge is 2.31. The Kier molecular flexibility index (Phi) is 5.48. The molecule has 0 aromatic heterocycles. The first-order valence-corrected chi connectivity index (χ1v) is 7.58. The first-order valence-electron chi connectivity index (χ1n) is 7.58. The first kappa shape index (κ1) is 15.1. The second-order valence-corrected chi connectivity index (χ2v) is 5.99. The summed E-state index contributed by atoms with van der Waals surface area (Å²) in [6.07, 6.45) is 6.04. The van der Waals surface area contributed by atoms with Gasteiger partial charge in [-0.1, -0.05) is 12.8 Å². The van der Waals surface area contributed by atoms with E-state index in [9.17, 15) is 4.79 Å². The number of amides is 1. The largest absolute Gasteiger partial charge is 0.340 e. The Labute approximate surface area is 122 Å². The van der Waals surface area contributed by atoms with Gasteiger partial charge in [0.05, 0.1) is 0 Å². The maximum atomic E-state index is 12.3. The van der Waals surface area contributed by atoms with E-state index >= 15 is 0 Å². The van der Waals surface area contributed by atoms with Crippen molar-refractivity contribution in [3.05, 3.63) is 0 Å². The molecule has 1 unspecified atom stereocenters. The Morgan fingerprint density at radius 3 is 2.26 bits per heavy atom. The summed E-state index contributed by atoms with van der Waals surface area (Å²) in [6.45, 7) is 6.34. The minimum atomic E-state index is 0. The van der Waals surface area contributed by atoms with E-state index in [-0.39, 0.29) is 12.4 Å². The third-order valence-corrected chi connectivity index (χ3v) is 4.88. The van der Waals surface area contributed by atoms with Crippen molar-refractivity contribution >= 4 is 18.3 Å². The fraction of sp³-hybridized carbons (Fsp3) is 0.929. The second-order valence-electron chi connectivity index (χ2n) is 5.99. The molecule has 1 atom stereocenters. The predicted octanol–water partition coefficient (Wildman–Crippen LogP) is 1.10. The summed E-state index contributed by atoms with van der Waals surface area (Å²) in [5.74, 6) is 0.793. The van der Waals surface area contributed by atoms with Gasteiger partial charge in [0.15, 0.2) is 0 Å². The van der Waals surface area contributed by atoms with Crippen LogP contribution in [0.4, 0.5) is 0 Å². The molecule has 3 aliphatic rings. The van der Waals surface area contributed by atoms with Gasteiger partial charge in [-0.05, 0) is 25.8 Å². The van der Waals surface area contributed by atoms with E-state index in [4.69, 9.17) is 0 Å². The average Bonchev–Trinajstić information content (AvgIpc) is 3.11. The van der Waals surface area contributed by atoms with E-state index in [2.05, 4.69) is 15.1 Å². The summed E-state index contributed by atoms with van der Waals surface area (Å²) < 4.78 is 0. The van der Waals surface area contributed by atoms with Gasteiger partial charge in [0.25, 0.3) is 0 Å². The molecule has 110 valence electrons. The molecule has 1 amide bonds. The normalized spacial score (nSPS) is 29.5. The van der Waals surface area contributed by atoms with Crippen LogP contribution in [-0.2, 0) is 4.79 Å². The van der Waals surface area contributed by atoms with Crippen LogP contribution in [0, 0.1) is 5.92 Å². The maximum absolute atomic E-state index is 12.3. The fourth-order valence-corrected chi connectivity index (χ4v) is 3.69. The zero-order valence-corrected chi connectivity index (χ0v) is 12.5. The van der Waals surface area contributed by atoms with Crippen molar-refractivity contribution in [3.8, 4) is 0 Å². The van der Waals surface area contributed by atoms with Gasteiger partial charge in [-0.3, -0.25) is 9.69 Å². The molecule has 2 aliphatic heterocycles. The molecular weight excluding hydrogens is 262 g/mol. The minimum absolute atomic E-state index is 0. The van der Waals surface area contributed by atoms with E-state index < -0.39 is 0 Å². The molecular formula is C14H26ClN3O. The van der Waals surface area contributed by atoms with E-state index in [0.29, 0.717) is 17.9 Å². The second kappa shape index (κ2) is 6.91. The molecule has 2 saturated heterocycles. The van der Waals surface area contributed by atoms with Crippen molar-refractivity contribution in [1.29, 1.82) is 0 Å². The molecule has 1 aliphatic carbocycles. The summed E-state index contributed by atoms with van der Waals surface area (Å²) in [7, 11) is 0. The Morgan fingerprint density at radius 1 is 1.00 bits per heavy atom. The minimum Gasteiger partial charge on any atom is -0.340 e. The first-order chi connectivity index (χ1) is 8.84. The van der Waals surface area contributed by atoms with Crippen LogP contribution >= 0.6 is 12.4 Å². The zero-order valence-electron chi connectivity index (χ0n) is 11.6. The number of rotatable bonds is 2. The van der Waals surface area contributed by atoms with Gasteiger partial charge in [0.1, 0.15) is 0 Å². The average molecular weight is 288 g/mol. The van der Waals surface area contributed by atoms with Gasteiger partial charge in [0.2, 0.25) is 5.91 Å². The van der Waals surface area contributed by atoms with E-state index in [1.54, 1.807) is 0 Å². The van der Waals surface area contributed by atoms with Crippen molar-refractivity contribution in [3.63, 3.8) is 0 Å². The third-order valence-electron chi connectivity index (χ3n) is 4.88. The molecule has 1 N–H and O–H groups in total. The van der Waals surface area contributed by atoms with Crippen LogP contribution in [0.25, 0.3) is 0 Å². The van der Waals surface area contributed by atoms with Crippen LogP contribution in [0.15, 0.2) is 0 Å². The Bertz CT molecular complexity index is 293. The smallest absolute Gasteiger partial charge is 0.225 e.